The van der Waals surface area contributed by atoms with E-state index in [2.05, 4.69) is 14.9 Å². The summed E-state index contributed by atoms with van der Waals surface area (Å²) in [6.45, 7) is 0.0350. The van der Waals surface area contributed by atoms with Gasteiger partial charge in [-0.1, -0.05) is 11.2 Å². The van der Waals surface area contributed by atoms with Crippen molar-refractivity contribution in [3.8, 4) is 11.5 Å². The van der Waals surface area contributed by atoms with E-state index in [0.29, 0.717) is 30.4 Å². The maximum atomic E-state index is 12.4. The zero-order valence-electron chi connectivity index (χ0n) is 15.6. The Morgan fingerprint density at radius 1 is 1.32 bits per heavy atom. The van der Waals surface area contributed by atoms with Gasteiger partial charge in [0.15, 0.2) is 17.3 Å². The molecule has 28 heavy (non-hydrogen) atoms. The molecule has 0 unspecified atom stereocenters. The van der Waals surface area contributed by atoms with Gasteiger partial charge in [-0.3, -0.25) is 4.79 Å². The highest BCUT2D eigenvalue weighted by Crippen LogP contribution is 2.30. The van der Waals surface area contributed by atoms with E-state index in [1.54, 1.807) is 24.0 Å². The molecule has 2 heterocycles. The van der Waals surface area contributed by atoms with Gasteiger partial charge in [0.05, 0.1) is 7.11 Å². The first-order chi connectivity index (χ1) is 13.5. The molecule has 0 N–H and O–H groups in total. The second kappa shape index (κ2) is 8.81. The molecular formula is C19H21F2N3O4. The standard InChI is InChI=1S/C19H21F2N3O4/c1-12-22-18(28-23-12)14-7-9-24(10-8-14)17(25)6-4-13-3-5-15(27-19(20)21)16(11-13)26-2/h3-6,11,14,19H,7-10H2,1-2H3. The molecule has 1 aromatic carbocycles. The lowest BCUT2D eigenvalue weighted by Crippen LogP contribution is -2.36. The summed E-state index contributed by atoms with van der Waals surface area (Å²) in [5.41, 5.74) is 0.642. The second-order valence-corrected chi connectivity index (χ2v) is 6.40. The predicted molar refractivity (Wildman–Crippen MR) is 96.3 cm³/mol. The van der Waals surface area contributed by atoms with Gasteiger partial charge in [0.25, 0.3) is 0 Å². The summed E-state index contributed by atoms with van der Waals surface area (Å²) in [6, 6.07) is 4.49. The number of carbonyl (C=O) groups excluding carboxylic acids is 1. The summed E-state index contributed by atoms with van der Waals surface area (Å²) < 4.78 is 39.4. The van der Waals surface area contributed by atoms with Gasteiger partial charge >= 0.3 is 6.61 Å². The van der Waals surface area contributed by atoms with Crippen molar-refractivity contribution in [2.75, 3.05) is 20.2 Å². The minimum absolute atomic E-state index is 0.0562. The van der Waals surface area contributed by atoms with Crippen LogP contribution in [0.15, 0.2) is 28.8 Å². The number of likely N-dealkylation sites (tertiary alicyclic amines) is 1. The van der Waals surface area contributed by atoms with Crippen LogP contribution in [0.3, 0.4) is 0 Å². The fraction of sp³-hybridized carbons (Fsp3) is 0.421. The van der Waals surface area contributed by atoms with Crippen molar-refractivity contribution in [3.63, 3.8) is 0 Å². The minimum Gasteiger partial charge on any atom is -0.493 e. The van der Waals surface area contributed by atoms with Crippen LogP contribution in [0.1, 0.15) is 36.0 Å². The number of rotatable bonds is 6. The largest absolute Gasteiger partial charge is 0.493 e. The first-order valence-electron chi connectivity index (χ1n) is 8.86. The van der Waals surface area contributed by atoms with Gasteiger partial charge in [-0.2, -0.15) is 13.8 Å². The molecule has 150 valence electrons. The Bertz CT molecular complexity index is 845. The summed E-state index contributed by atoms with van der Waals surface area (Å²) in [5, 5.41) is 3.81. The monoisotopic (exact) mass is 393 g/mol. The Labute approximate surface area is 160 Å². The van der Waals surface area contributed by atoms with Crippen LogP contribution in [0.2, 0.25) is 0 Å². The van der Waals surface area contributed by atoms with E-state index < -0.39 is 6.61 Å². The van der Waals surface area contributed by atoms with E-state index in [4.69, 9.17) is 9.26 Å². The van der Waals surface area contributed by atoms with Crippen molar-refractivity contribution in [2.45, 2.75) is 32.3 Å². The van der Waals surface area contributed by atoms with Crippen LogP contribution in [0.25, 0.3) is 6.08 Å². The summed E-state index contributed by atoms with van der Waals surface area (Å²) in [5.74, 6) is 1.40. The first kappa shape index (κ1) is 19.8. The number of aromatic nitrogens is 2. The Kier molecular flexibility index (Phi) is 6.23. The molecule has 0 bridgehead atoms. The molecule has 0 spiro atoms. The van der Waals surface area contributed by atoms with Crippen LogP contribution in [-0.4, -0.2) is 47.8 Å². The lowest BCUT2D eigenvalue weighted by molar-refractivity contribution is -0.127. The number of amides is 1. The minimum atomic E-state index is -2.93. The van der Waals surface area contributed by atoms with Crippen molar-refractivity contribution in [3.05, 3.63) is 41.6 Å². The molecular weight excluding hydrogens is 372 g/mol. The van der Waals surface area contributed by atoms with Crippen LogP contribution in [-0.2, 0) is 4.79 Å². The molecule has 9 heteroatoms. The number of benzene rings is 1. The molecule has 0 saturated carbocycles. The number of piperidine rings is 1. The molecule has 0 atom stereocenters. The number of halogens is 2. The highest BCUT2D eigenvalue weighted by molar-refractivity contribution is 5.92. The number of alkyl halides is 2. The molecule has 3 rings (SSSR count). The molecule has 1 amide bonds. The lowest BCUT2D eigenvalue weighted by Gasteiger charge is -2.29. The van der Waals surface area contributed by atoms with Gasteiger partial charge in [-0.15, -0.1) is 0 Å². The maximum absolute atomic E-state index is 12.4. The summed E-state index contributed by atoms with van der Waals surface area (Å²) >= 11 is 0. The third-order valence-electron chi connectivity index (χ3n) is 4.52. The van der Waals surface area contributed by atoms with Crippen LogP contribution < -0.4 is 9.47 Å². The van der Waals surface area contributed by atoms with Crippen molar-refractivity contribution >= 4 is 12.0 Å². The molecule has 1 aliphatic heterocycles. The van der Waals surface area contributed by atoms with Gasteiger partial charge in [0, 0.05) is 25.1 Å². The van der Waals surface area contributed by atoms with Crippen molar-refractivity contribution < 1.29 is 27.6 Å². The summed E-state index contributed by atoms with van der Waals surface area (Å²) in [4.78, 5) is 18.4. The number of ether oxygens (including phenoxy) is 2. The second-order valence-electron chi connectivity index (χ2n) is 6.40. The molecule has 0 aliphatic carbocycles. The van der Waals surface area contributed by atoms with E-state index in [1.807, 2.05) is 0 Å². The Hall–Kier alpha value is -2.97. The van der Waals surface area contributed by atoms with Gasteiger partial charge < -0.3 is 18.9 Å². The van der Waals surface area contributed by atoms with Gasteiger partial charge in [-0.05, 0) is 43.5 Å². The topological polar surface area (TPSA) is 77.7 Å². The zero-order valence-corrected chi connectivity index (χ0v) is 15.6. The van der Waals surface area contributed by atoms with E-state index in [0.717, 1.165) is 12.8 Å². The normalized spacial score (nSPS) is 15.4. The summed E-state index contributed by atoms with van der Waals surface area (Å²) in [7, 11) is 1.36. The SMILES string of the molecule is COc1cc(C=CC(=O)N2CCC(c3nc(C)no3)CC2)ccc1OC(F)F. The highest BCUT2D eigenvalue weighted by atomic mass is 19.3. The zero-order chi connectivity index (χ0) is 20.1. The van der Waals surface area contributed by atoms with Crippen LogP contribution in [0, 0.1) is 6.92 Å². The number of hydrogen-bond donors (Lipinski definition) is 0. The number of methoxy groups -OCH3 is 1. The average molecular weight is 393 g/mol. The Morgan fingerprint density at radius 3 is 2.68 bits per heavy atom. The van der Waals surface area contributed by atoms with Crippen molar-refractivity contribution in [1.29, 1.82) is 0 Å². The molecule has 1 saturated heterocycles. The maximum Gasteiger partial charge on any atom is 0.387 e. The molecule has 1 fully saturated rings. The van der Waals surface area contributed by atoms with Crippen LogP contribution >= 0.6 is 0 Å². The molecule has 1 aliphatic rings. The lowest BCUT2D eigenvalue weighted by atomic mass is 9.96. The van der Waals surface area contributed by atoms with Gasteiger partial charge in [0.2, 0.25) is 11.8 Å². The third kappa shape index (κ3) is 4.85. The number of hydrogen-bond acceptors (Lipinski definition) is 6. The van der Waals surface area contributed by atoms with Crippen LogP contribution in [0.5, 0.6) is 11.5 Å². The van der Waals surface area contributed by atoms with E-state index in [9.17, 15) is 13.6 Å². The van der Waals surface area contributed by atoms with Gasteiger partial charge in [-0.25, -0.2) is 0 Å². The average Bonchev–Trinajstić information content (AvgIpc) is 3.13. The number of carbonyl (C=O) groups is 1. The molecule has 1 aromatic heterocycles. The highest BCUT2D eigenvalue weighted by Gasteiger charge is 2.26. The fourth-order valence-electron chi connectivity index (χ4n) is 3.08. The predicted octanol–water partition coefficient (Wildman–Crippen LogP) is 3.41. The van der Waals surface area contributed by atoms with E-state index >= 15 is 0 Å². The van der Waals surface area contributed by atoms with Crippen molar-refractivity contribution in [1.82, 2.24) is 15.0 Å². The van der Waals surface area contributed by atoms with Crippen molar-refractivity contribution in [2.24, 2.45) is 0 Å². The summed E-state index contributed by atoms with van der Waals surface area (Å²) in [6.07, 6.45) is 4.59. The number of aryl methyl sites for hydroxylation is 1. The first-order valence-corrected chi connectivity index (χ1v) is 8.86. The third-order valence-corrected chi connectivity index (χ3v) is 4.52. The molecule has 7 nitrogen and oxygen atoms in total. The van der Waals surface area contributed by atoms with Crippen LogP contribution in [0.4, 0.5) is 8.78 Å². The number of nitrogens with zero attached hydrogens (tertiary/aromatic N) is 3. The Morgan fingerprint density at radius 2 is 2.07 bits per heavy atom. The quantitative estimate of drug-likeness (QED) is 0.700. The fourth-order valence-corrected chi connectivity index (χ4v) is 3.08. The van der Waals surface area contributed by atoms with E-state index in [-0.39, 0.29) is 23.3 Å². The molecule has 0 radical (unpaired) electrons. The molecule has 2 aromatic rings. The van der Waals surface area contributed by atoms with Gasteiger partial charge in [0.1, 0.15) is 0 Å². The Balaban J connectivity index is 1.58. The van der Waals surface area contributed by atoms with E-state index in [1.165, 1.54) is 25.3 Å². The smallest absolute Gasteiger partial charge is 0.387 e.